The molecule has 0 aliphatic heterocycles. The molecule has 6 nitrogen and oxygen atoms in total. The second-order valence-electron chi connectivity index (χ2n) is 7.45. The molecule has 4 aliphatic carbocycles. The minimum Gasteiger partial charge on any atom is -0.411 e. The Bertz CT molecular complexity index is 449. The van der Waals surface area contributed by atoms with Crippen LogP contribution in [0.4, 0.5) is 0 Å². The van der Waals surface area contributed by atoms with Crippen molar-refractivity contribution in [3.05, 3.63) is 0 Å². The fraction of sp³-hybridized carbons (Fsp3) is 0.875. The highest BCUT2D eigenvalue weighted by Crippen LogP contribution is 2.43. The first-order chi connectivity index (χ1) is 10.8. The molecule has 4 fully saturated rings. The zero-order chi connectivity index (χ0) is 15.1. The van der Waals surface area contributed by atoms with Crippen molar-refractivity contribution >= 4 is 11.4 Å². The van der Waals surface area contributed by atoms with Crippen molar-refractivity contribution in [1.82, 2.24) is 10.6 Å². The van der Waals surface area contributed by atoms with E-state index in [2.05, 4.69) is 20.9 Å². The number of oxime groups is 2. The van der Waals surface area contributed by atoms with Gasteiger partial charge in [0.15, 0.2) is 0 Å². The molecule has 4 saturated carbocycles. The summed E-state index contributed by atoms with van der Waals surface area (Å²) in [6.45, 7) is 1.72. The van der Waals surface area contributed by atoms with Crippen molar-refractivity contribution in [3.8, 4) is 0 Å². The normalized spacial score (nSPS) is 46.4. The number of fused-ring (bicyclic) bond motifs is 4. The van der Waals surface area contributed by atoms with Gasteiger partial charge in [0.25, 0.3) is 0 Å². The Kier molecular flexibility index (Phi) is 3.82. The Morgan fingerprint density at radius 3 is 1.64 bits per heavy atom. The molecule has 122 valence electrons. The van der Waals surface area contributed by atoms with Crippen LogP contribution in [0.1, 0.15) is 38.5 Å². The summed E-state index contributed by atoms with van der Waals surface area (Å²) in [4.78, 5) is 0. The lowest BCUT2D eigenvalue weighted by Gasteiger charge is -2.26. The van der Waals surface area contributed by atoms with Gasteiger partial charge in [0.2, 0.25) is 0 Å². The van der Waals surface area contributed by atoms with Gasteiger partial charge in [-0.2, -0.15) is 0 Å². The molecule has 6 atom stereocenters. The van der Waals surface area contributed by atoms with Gasteiger partial charge in [-0.25, -0.2) is 0 Å². The van der Waals surface area contributed by atoms with E-state index in [0.29, 0.717) is 23.7 Å². The van der Waals surface area contributed by atoms with Crippen molar-refractivity contribution in [2.24, 2.45) is 34.0 Å². The number of nitrogens with zero attached hydrogens (tertiary/aromatic N) is 2. The number of rotatable bonds is 5. The van der Waals surface area contributed by atoms with Gasteiger partial charge >= 0.3 is 0 Å². The van der Waals surface area contributed by atoms with E-state index in [1.807, 2.05) is 0 Å². The van der Waals surface area contributed by atoms with Crippen molar-refractivity contribution in [3.63, 3.8) is 0 Å². The molecule has 0 aromatic carbocycles. The fourth-order valence-corrected chi connectivity index (χ4v) is 5.45. The second kappa shape index (κ2) is 5.81. The third-order valence-electron chi connectivity index (χ3n) is 6.45. The summed E-state index contributed by atoms with van der Waals surface area (Å²) in [6, 6.07) is 0.521. The molecule has 6 heteroatoms. The topological polar surface area (TPSA) is 89.2 Å². The van der Waals surface area contributed by atoms with E-state index in [1.165, 1.54) is 38.5 Å². The lowest BCUT2D eigenvalue weighted by atomic mass is 9.93. The zero-order valence-electron chi connectivity index (χ0n) is 12.9. The van der Waals surface area contributed by atoms with Gasteiger partial charge < -0.3 is 21.0 Å². The van der Waals surface area contributed by atoms with Crippen LogP contribution in [0.25, 0.3) is 0 Å². The van der Waals surface area contributed by atoms with Crippen LogP contribution in [0.5, 0.6) is 0 Å². The van der Waals surface area contributed by atoms with E-state index in [1.54, 1.807) is 0 Å². The second-order valence-corrected chi connectivity index (χ2v) is 7.45. The van der Waals surface area contributed by atoms with Gasteiger partial charge in [-0.3, -0.25) is 0 Å². The molecule has 4 bridgehead atoms. The Morgan fingerprint density at radius 1 is 0.773 bits per heavy atom. The van der Waals surface area contributed by atoms with Crippen LogP contribution in [0.15, 0.2) is 10.3 Å². The Balaban J connectivity index is 1.26. The van der Waals surface area contributed by atoms with Gasteiger partial charge in [0.05, 0.1) is 23.5 Å². The van der Waals surface area contributed by atoms with E-state index >= 15 is 0 Å². The fourth-order valence-electron chi connectivity index (χ4n) is 5.45. The van der Waals surface area contributed by atoms with E-state index in [0.717, 1.165) is 24.5 Å². The maximum absolute atomic E-state index is 9.21. The molecule has 22 heavy (non-hydrogen) atoms. The highest BCUT2D eigenvalue weighted by Gasteiger charge is 2.46. The van der Waals surface area contributed by atoms with Crippen LogP contribution in [-0.2, 0) is 0 Å². The summed E-state index contributed by atoms with van der Waals surface area (Å²) in [7, 11) is 0. The molecule has 0 spiro atoms. The average Bonchev–Trinajstić information content (AvgIpc) is 3.29. The summed E-state index contributed by atoms with van der Waals surface area (Å²) < 4.78 is 0. The highest BCUT2D eigenvalue weighted by atomic mass is 16.4. The van der Waals surface area contributed by atoms with E-state index in [-0.39, 0.29) is 12.1 Å². The van der Waals surface area contributed by atoms with Gasteiger partial charge in [-0.1, -0.05) is 10.3 Å². The third kappa shape index (κ3) is 2.24. The molecular formula is C16H26N4O2. The largest absolute Gasteiger partial charge is 0.411 e. The van der Waals surface area contributed by atoms with Crippen LogP contribution in [0.3, 0.4) is 0 Å². The quantitative estimate of drug-likeness (QED) is 0.351. The molecule has 0 amide bonds. The minimum absolute atomic E-state index is 0.261. The summed E-state index contributed by atoms with van der Waals surface area (Å²) in [5, 5.41) is 32.6. The summed E-state index contributed by atoms with van der Waals surface area (Å²) in [5.74, 6) is 2.29. The Hall–Kier alpha value is -1.14. The van der Waals surface area contributed by atoms with E-state index < -0.39 is 0 Å². The van der Waals surface area contributed by atoms with Crippen LogP contribution in [0.2, 0.25) is 0 Å². The molecule has 0 aromatic heterocycles. The maximum Gasteiger partial charge on any atom is 0.0773 e. The predicted molar refractivity (Wildman–Crippen MR) is 83.7 cm³/mol. The smallest absolute Gasteiger partial charge is 0.0773 e. The van der Waals surface area contributed by atoms with Crippen LogP contribution in [-0.4, -0.2) is 47.0 Å². The Labute approximate surface area is 131 Å². The van der Waals surface area contributed by atoms with Crippen LogP contribution in [0, 0.1) is 23.7 Å². The maximum atomic E-state index is 9.21. The van der Waals surface area contributed by atoms with Gasteiger partial charge in [-0.05, 0) is 50.4 Å². The molecule has 6 unspecified atom stereocenters. The van der Waals surface area contributed by atoms with E-state index in [4.69, 9.17) is 0 Å². The molecule has 0 aromatic rings. The average molecular weight is 306 g/mol. The van der Waals surface area contributed by atoms with Crippen LogP contribution < -0.4 is 10.6 Å². The molecule has 4 N–H and O–H groups in total. The first kappa shape index (κ1) is 14.5. The Morgan fingerprint density at radius 2 is 1.23 bits per heavy atom. The first-order valence-corrected chi connectivity index (χ1v) is 8.72. The van der Waals surface area contributed by atoms with E-state index in [9.17, 15) is 10.4 Å². The lowest BCUT2D eigenvalue weighted by molar-refractivity contribution is 0.307. The molecule has 4 rings (SSSR count). The first-order valence-electron chi connectivity index (χ1n) is 8.72. The lowest BCUT2D eigenvalue weighted by Crippen LogP contribution is -2.47. The predicted octanol–water partition coefficient (Wildman–Crippen LogP) is 1.42. The minimum atomic E-state index is 0.261. The zero-order valence-corrected chi connectivity index (χ0v) is 12.9. The third-order valence-corrected chi connectivity index (χ3v) is 6.45. The standard InChI is InChI=1S/C16H26N4O2/c21-19-15-11-3-1-9(7-11)13(15)17-5-6-18-14-10-2-4-12(8-10)16(14)20-22/h9-14,17-18,21-22H,1-8H2/b19-15+,20-16+. The molecular weight excluding hydrogens is 280 g/mol. The van der Waals surface area contributed by atoms with Gasteiger partial charge in [0.1, 0.15) is 0 Å². The van der Waals surface area contributed by atoms with Crippen molar-refractivity contribution in [1.29, 1.82) is 0 Å². The van der Waals surface area contributed by atoms with Crippen LogP contribution >= 0.6 is 0 Å². The SMILES string of the molecule is O/N=C1\C2CCC(C2)C1NCCNC1/C(=N/O)C2CCC1C2. The molecule has 0 radical (unpaired) electrons. The molecule has 4 aliphatic rings. The van der Waals surface area contributed by atoms with Gasteiger partial charge in [0, 0.05) is 24.9 Å². The number of nitrogens with one attached hydrogen (secondary N) is 2. The van der Waals surface area contributed by atoms with Crippen molar-refractivity contribution in [2.45, 2.75) is 50.6 Å². The summed E-state index contributed by atoms with van der Waals surface area (Å²) in [6.07, 6.45) is 7.23. The monoisotopic (exact) mass is 306 g/mol. The molecule has 0 saturated heterocycles. The highest BCUT2D eigenvalue weighted by molar-refractivity contribution is 5.95. The van der Waals surface area contributed by atoms with Gasteiger partial charge in [-0.15, -0.1) is 0 Å². The summed E-state index contributed by atoms with van der Waals surface area (Å²) >= 11 is 0. The van der Waals surface area contributed by atoms with Crippen molar-refractivity contribution in [2.75, 3.05) is 13.1 Å². The molecule has 0 heterocycles. The summed E-state index contributed by atoms with van der Waals surface area (Å²) in [5.41, 5.74) is 1.93. The van der Waals surface area contributed by atoms with Crippen molar-refractivity contribution < 1.29 is 10.4 Å². The number of hydrogen-bond donors (Lipinski definition) is 4. The number of hydrogen-bond acceptors (Lipinski definition) is 6.